The van der Waals surface area contributed by atoms with E-state index < -0.39 is 0 Å². The van der Waals surface area contributed by atoms with Gasteiger partial charge in [0.2, 0.25) is 0 Å². The van der Waals surface area contributed by atoms with E-state index in [9.17, 15) is 9.59 Å². The number of hydrogen-bond donors (Lipinski definition) is 2. The van der Waals surface area contributed by atoms with Gasteiger partial charge in [0.15, 0.2) is 0 Å². The van der Waals surface area contributed by atoms with Gasteiger partial charge in [-0.05, 0) is 60.4 Å². The summed E-state index contributed by atoms with van der Waals surface area (Å²) < 4.78 is 11.5. The highest BCUT2D eigenvalue weighted by Gasteiger charge is 2.15. The van der Waals surface area contributed by atoms with E-state index in [-0.39, 0.29) is 23.4 Å². The van der Waals surface area contributed by atoms with Crippen LogP contribution >= 0.6 is 0 Å². The van der Waals surface area contributed by atoms with E-state index in [4.69, 9.17) is 9.47 Å². The first-order valence-corrected chi connectivity index (χ1v) is 11.7. The van der Waals surface area contributed by atoms with Gasteiger partial charge in [-0.3, -0.25) is 9.59 Å². The summed E-state index contributed by atoms with van der Waals surface area (Å²) in [5.74, 6) is 1.14. The lowest BCUT2D eigenvalue weighted by Crippen LogP contribution is -2.36. The van der Waals surface area contributed by atoms with Crippen molar-refractivity contribution in [3.05, 3.63) is 101 Å². The van der Waals surface area contributed by atoms with Gasteiger partial charge in [-0.2, -0.15) is 0 Å². The predicted octanol–water partition coefficient (Wildman–Crippen LogP) is 5.00. The van der Waals surface area contributed by atoms with Crippen molar-refractivity contribution in [3.63, 3.8) is 0 Å². The zero-order chi connectivity index (χ0) is 25.0. The summed E-state index contributed by atoms with van der Waals surface area (Å²) in [6.45, 7) is 7.36. The van der Waals surface area contributed by atoms with Crippen molar-refractivity contribution in [1.82, 2.24) is 10.6 Å². The Labute approximate surface area is 207 Å². The summed E-state index contributed by atoms with van der Waals surface area (Å²) in [5, 5.41) is 5.61. The number of ether oxygens (including phenoxy) is 2. The van der Waals surface area contributed by atoms with Crippen LogP contribution in [0, 0.1) is 12.8 Å². The molecule has 35 heavy (non-hydrogen) atoms. The monoisotopic (exact) mass is 472 g/mol. The number of nitrogens with one attached hydrogen (secondary N) is 2. The fraction of sp³-hybridized carbons (Fsp3) is 0.241. The Morgan fingerprint density at radius 2 is 1.51 bits per heavy atom. The van der Waals surface area contributed by atoms with Gasteiger partial charge >= 0.3 is 0 Å². The fourth-order valence-corrected chi connectivity index (χ4v) is 3.19. The van der Waals surface area contributed by atoms with E-state index in [2.05, 4.69) is 10.6 Å². The third kappa shape index (κ3) is 8.34. The molecule has 6 nitrogen and oxygen atoms in total. The van der Waals surface area contributed by atoms with E-state index in [1.54, 1.807) is 30.3 Å². The van der Waals surface area contributed by atoms with Gasteiger partial charge in [0, 0.05) is 12.1 Å². The van der Waals surface area contributed by atoms with Crippen molar-refractivity contribution >= 4 is 17.9 Å². The Kier molecular flexibility index (Phi) is 9.49. The molecule has 0 heterocycles. The van der Waals surface area contributed by atoms with Gasteiger partial charge in [0.1, 0.15) is 30.4 Å². The van der Waals surface area contributed by atoms with Crippen LogP contribution in [-0.4, -0.2) is 31.6 Å². The van der Waals surface area contributed by atoms with Crippen molar-refractivity contribution in [1.29, 1.82) is 0 Å². The number of carbonyl (C=O) groups is 2. The second-order valence-electron chi connectivity index (χ2n) is 8.51. The second-order valence-corrected chi connectivity index (χ2v) is 8.51. The Hall–Kier alpha value is -4.06. The summed E-state index contributed by atoms with van der Waals surface area (Å²) >= 11 is 0. The van der Waals surface area contributed by atoms with Gasteiger partial charge in [0.05, 0.1) is 0 Å². The maximum absolute atomic E-state index is 12.8. The molecule has 0 saturated carbocycles. The number of carbonyl (C=O) groups excluding carboxylic acids is 2. The molecule has 0 radical (unpaired) electrons. The molecule has 3 rings (SSSR count). The summed E-state index contributed by atoms with van der Waals surface area (Å²) in [7, 11) is 0. The number of para-hydroxylation sites is 1. The van der Waals surface area contributed by atoms with Gasteiger partial charge in [-0.1, -0.05) is 62.4 Å². The maximum atomic E-state index is 12.8. The fourth-order valence-electron chi connectivity index (χ4n) is 3.19. The lowest BCUT2D eigenvalue weighted by Gasteiger charge is -2.13. The molecule has 6 heteroatoms. The summed E-state index contributed by atoms with van der Waals surface area (Å²) in [4.78, 5) is 25.4. The van der Waals surface area contributed by atoms with Crippen molar-refractivity contribution in [2.75, 3.05) is 19.8 Å². The lowest BCUT2D eigenvalue weighted by molar-refractivity contribution is -0.117. The van der Waals surface area contributed by atoms with Gasteiger partial charge in [-0.25, -0.2) is 0 Å². The molecular formula is C29H32N2O4. The van der Waals surface area contributed by atoms with Crippen molar-refractivity contribution in [2.45, 2.75) is 20.8 Å². The molecule has 0 aliphatic carbocycles. The Morgan fingerprint density at radius 3 is 2.20 bits per heavy atom. The number of benzene rings is 3. The standard InChI is InChI=1S/C29H32N2O4/c1-21(2)20-30-29(33)26(31-28(32)24-10-5-4-6-11-24)19-23-13-15-25(16-14-23)34-17-18-35-27-12-8-7-9-22(27)3/h4-16,19,21H,17-18,20H2,1-3H3,(H,30,33)(H,31,32)/b26-19-. The van der Waals surface area contributed by atoms with Gasteiger partial charge in [-0.15, -0.1) is 0 Å². The average Bonchev–Trinajstić information content (AvgIpc) is 2.87. The van der Waals surface area contributed by atoms with Crippen LogP contribution in [0.5, 0.6) is 11.5 Å². The zero-order valence-corrected chi connectivity index (χ0v) is 20.4. The number of hydrogen-bond acceptors (Lipinski definition) is 4. The molecule has 2 amide bonds. The molecule has 3 aromatic rings. The van der Waals surface area contributed by atoms with Gasteiger partial charge in [0.25, 0.3) is 11.8 Å². The van der Waals surface area contributed by atoms with E-state index in [1.165, 1.54) is 0 Å². The molecule has 0 aliphatic rings. The predicted molar refractivity (Wildman–Crippen MR) is 138 cm³/mol. The molecule has 0 atom stereocenters. The van der Waals surface area contributed by atoms with Crippen molar-refractivity contribution < 1.29 is 19.1 Å². The molecule has 0 unspecified atom stereocenters. The third-order valence-electron chi connectivity index (χ3n) is 5.09. The topological polar surface area (TPSA) is 76.7 Å². The Morgan fingerprint density at radius 1 is 0.857 bits per heavy atom. The average molecular weight is 473 g/mol. The van der Waals surface area contributed by atoms with Crippen LogP contribution in [0.1, 0.15) is 35.3 Å². The van der Waals surface area contributed by atoms with Crippen LogP contribution in [0.4, 0.5) is 0 Å². The minimum absolute atomic E-state index is 0.180. The maximum Gasteiger partial charge on any atom is 0.267 e. The molecule has 0 bridgehead atoms. The molecule has 0 fully saturated rings. The van der Waals surface area contributed by atoms with Crippen molar-refractivity contribution in [3.8, 4) is 11.5 Å². The molecule has 0 saturated heterocycles. The zero-order valence-electron chi connectivity index (χ0n) is 20.4. The third-order valence-corrected chi connectivity index (χ3v) is 5.09. The summed E-state index contributed by atoms with van der Waals surface area (Å²) in [6.07, 6.45) is 1.65. The first-order chi connectivity index (χ1) is 16.9. The highest BCUT2D eigenvalue weighted by molar-refractivity contribution is 6.05. The van der Waals surface area contributed by atoms with E-state index in [0.29, 0.717) is 31.1 Å². The molecule has 0 spiro atoms. The van der Waals surface area contributed by atoms with Crippen LogP contribution in [0.2, 0.25) is 0 Å². The molecule has 182 valence electrons. The summed E-state index contributed by atoms with van der Waals surface area (Å²) in [6, 6.07) is 24.0. The minimum atomic E-state index is -0.342. The molecule has 0 aliphatic heterocycles. The number of aryl methyl sites for hydroxylation is 1. The van der Waals surface area contributed by atoms with Crippen LogP contribution in [0.3, 0.4) is 0 Å². The van der Waals surface area contributed by atoms with E-state index in [0.717, 1.165) is 16.9 Å². The molecule has 3 aromatic carbocycles. The largest absolute Gasteiger partial charge is 0.490 e. The van der Waals surface area contributed by atoms with Crippen LogP contribution in [0.15, 0.2) is 84.6 Å². The van der Waals surface area contributed by atoms with Crippen LogP contribution in [0.25, 0.3) is 6.08 Å². The van der Waals surface area contributed by atoms with Crippen LogP contribution < -0.4 is 20.1 Å². The number of amides is 2. The van der Waals surface area contributed by atoms with E-state index in [1.807, 2.05) is 75.4 Å². The highest BCUT2D eigenvalue weighted by atomic mass is 16.5. The first-order valence-electron chi connectivity index (χ1n) is 11.7. The minimum Gasteiger partial charge on any atom is -0.490 e. The summed E-state index contributed by atoms with van der Waals surface area (Å²) in [5.41, 5.74) is 2.50. The SMILES string of the molecule is Cc1ccccc1OCCOc1ccc(/C=C(\NC(=O)c2ccccc2)C(=O)NCC(C)C)cc1. The highest BCUT2D eigenvalue weighted by Crippen LogP contribution is 2.17. The smallest absolute Gasteiger partial charge is 0.267 e. The molecular weight excluding hydrogens is 440 g/mol. The second kappa shape index (κ2) is 13.0. The Balaban J connectivity index is 1.63. The van der Waals surface area contributed by atoms with E-state index >= 15 is 0 Å². The first kappa shape index (κ1) is 25.6. The van der Waals surface area contributed by atoms with Crippen LogP contribution in [-0.2, 0) is 4.79 Å². The molecule has 2 N–H and O–H groups in total. The van der Waals surface area contributed by atoms with Crippen molar-refractivity contribution in [2.24, 2.45) is 5.92 Å². The number of rotatable bonds is 11. The van der Waals surface area contributed by atoms with Gasteiger partial charge < -0.3 is 20.1 Å². The normalized spacial score (nSPS) is 11.1. The Bertz CT molecular complexity index is 1140. The lowest BCUT2D eigenvalue weighted by atomic mass is 10.1. The quantitative estimate of drug-likeness (QED) is 0.304. The molecule has 0 aromatic heterocycles.